The molecule has 2 aromatic heterocycles. The van der Waals surface area contributed by atoms with Gasteiger partial charge in [-0.3, -0.25) is 19.1 Å². The van der Waals surface area contributed by atoms with E-state index in [-0.39, 0.29) is 41.6 Å². The van der Waals surface area contributed by atoms with Crippen LogP contribution in [0, 0.1) is 17.8 Å². The first-order valence-electron chi connectivity index (χ1n) is 18.1. The lowest BCUT2D eigenvalue weighted by atomic mass is 9.76. The number of methoxy groups -OCH3 is 1. The maximum Gasteiger partial charge on any atom is 0.434 e. The third-order valence-electron chi connectivity index (χ3n) is 11.3. The van der Waals surface area contributed by atoms with Crippen molar-refractivity contribution in [3.63, 3.8) is 0 Å². The number of nitrogens with zero attached hydrogens (tertiary/aromatic N) is 3. The minimum atomic E-state index is -4.65. The molecule has 3 aromatic rings. The van der Waals surface area contributed by atoms with Gasteiger partial charge in [0.25, 0.3) is 5.91 Å². The summed E-state index contributed by atoms with van der Waals surface area (Å²) in [6, 6.07) is 4.92. The third-order valence-corrected chi connectivity index (χ3v) is 15.1. The number of alkyl halides is 3. The minimum Gasteiger partial charge on any atom is -0.495 e. The standard InChI is InChI=1S/C37H41BrF3N5O7S2/c1-35(13-14-35)55(50,51)45-34(49)36-18-20(36)8-6-4-5-7-15-46(2)33(48)22-10-9-21(16-24(22)31(47)44-36)53-27-17-25(32-43-28(19-54-32)37(39,40)41)42-30-23(27)11-12-26(52-3)29(30)38/h6,8,11-12,17,19-22,24H,4-5,7,9-10,13-16,18H2,1-3H3,(H,44,47)(H,45,49)/b8-6-/t20-,21+,22-,24-,36-/m1/s1. The van der Waals surface area contributed by atoms with Crippen molar-refractivity contribution in [2.75, 3.05) is 20.7 Å². The molecular formula is C37H41BrF3N5O7S2. The Morgan fingerprint density at radius 1 is 1.13 bits per heavy atom. The first kappa shape index (κ1) is 39.5. The monoisotopic (exact) mass is 867 g/mol. The molecule has 0 saturated heterocycles. The van der Waals surface area contributed by atoms with Gasteiger partial charge >= 0.3 is 6.18 Å². The summed E-state index contributed by atoms with van der Waals surface area (Å²) in [6.45, 7) is 2.08. The number of carbonyl (C=O) groups is 3. The summed E-state index contributed by atoms with van der Waals surface area (Å²) in [7, 11) is -0.819. The number of amides is 3. The van der Waals surface area contributed by atoms with Crippen molar-refractivity contribution in [1.29, 1.82) is 0 Å². The van der Waals surface area contributed by atoms with Crippen molar-refractivity contribution >= 4 is 65.9 Å². The number of allylic oxidation sites excluding steroid dienone is 1. The summed E-state index contributed by atoms with van der Waals surface area (Å²) in [5.74, 6) is -2.98. The molecular weight excluding hydrogens is 827 g/mol. The summed E-state index contributed by atoms with van der Waals surface area (Å²) >= 11 is 4.30. The van der Waals surface area contributed by atoms with Gasteiger partial charge in [0.15, 0.2) is 5.69 Å². The first-order chi connectivity index (χ1) is 26.0. The van der Waals surface area contributed by atoms with E-state index in [1.807, 2.05) is 12.2 Å². The fourth-order valence-corrected chi connectivity index (χ4v) is 10.1. The lowest BCUT2D eigenvalue weighted by molar-refractivity contribution is -0.145. The van der Waals surface area contributed by atoms with Crippen LogP contribution in [-0.4, -0.2) is 78.1 Å². The van der Waals surface area contributed by atoms with Crippen molar-refractivity contribution in [2.45, 2.75) is 87.3 Å². The SMILES string of the molecule is COc1ccc2c(O[C@H]3CC[C@H]4C(=O)N(C)CCCC/C=C\[C@@H]5C[C@@]5(C(=O)NS(=O)(=O)C5(C)CC5)NC(=O)[C@@H]4C3)cc(-c3nc(C(F)(F)F)cs3)nc2c1Br. The molecule has 3 heterocycles. The summed E-state index contributed by atoms with van der Waals surface area (Å²) < 4.78 is 80.4. The number of thiazole rings is 1. The van der Waals surface area contributed by atoms with E-state index in [1.54, 1.807) is 31.0 Å². The Hall–Kier alpha value is -3.77. The lowest BCUT2D eigenvalue weighted by Gasteiger charge is -2.37. The number of nitrogens with one attached hydrogen (secondary N) is 2. The van der Waals surface area contributed by atoms with Gasteiger partial charge < -0.3 is 19.7 Å². The normalized spacial score (nSPS) is 27.6. The molecule has 18 heteroatoms. The Bertz CT molecular complexity index is 2180. The molecule has 296 valence electrons. The molecule has 7 rings (SSSR count). The van der Waals surface area contributed by atoms with Crippen LogP contribution in [0.5, 0.6) is 11.5 Å². The van der Waals surface area contributed by atoms with E-state index in [1.165, 1.54) is 13.2 Å². The zero-order chi connectivity index (χ0) is 39.5. The molecule has 0 radical (unpaired) electrons. The maximum atomic E-state index is 14.4. The fourth-order valence-electron chi connectivity index (χ4n) is 7.44. The summed E-state index contributed by atoms with van der Waals surface area (Å²) in [4.78, 5) is 52.2. The summed E-state index contributed by atoms with van der Waals surface area (Å²) in [6.07, 6.45) is 2.50. The number of aromatic nitrogens is 2. The number of rotatable bonds is 7. The van der Waals surface area contributed by atoms with Gasteiger partial charge in [-0.25, -0.2) is 18.4 Å². The first-order valence-corrected chi connectivity index (χ1v) is 21.3. The molecule has 1 aliphatic heterocycles. The Morgan fingerprint density at radius 3 is 2.58 bits per heavy atom. The van der Waals surface area contributed by atoms with Gasteiger partial charge in [0, 0.05) is 42.3 Å². The van der Waals surface area contributed by atoms with E-state index in [4.69, 9.17) is 9.47 Å². The smallest absolute Gasteiger partial charge is 0.434 e. The third kappa shape index (κ3) is 7.69. The second-order valence-corrected chi connectivity index (χ2v) is 19.0. The summed E-state index contributed by atoms with van der Waals surface area (Å²) in [5.41, 5.74) is -2.07. The van der Waals surface area contributed by atoms with Crippen molar-refractivity contribution in [3.8, 4) is 22.2 Å². The van der Waals surface area contributed by atoms with Gasteiger partial charge in [0.1, 0.15) is 27.7 Å². The fraction of sp³-hybridized carbons (Fsp3) is 0.541. The van der Waals surface area contributed by atoms with E-state index in [9.17, 15) is 36.0 Å². The molecule has 2 N–H and O–H groups in total. The number of hydrogen-bond donors (Lipinski definition) is 2. The predicted octanol–water partition coefficient (Wildman–Crippen LogP) is 6.38. The minimum absolute atomic E-state index is 0.0193. The largest absolute Gasteiger partial charge is 0.495 e. The van der Waals surface area contributed by atoms with Crippen molar-refractivity contribution < 1.29 is 45.4 Å². The molecule has 12 nitrogen and oxygen atoms in total. The molecule has 3 saturated carbocycles. The molecule has 5 atom stereocenters. The van der Waals surface area contributed by atoms with Gasteiger partial charge in [-0.15, -0.1) is 11.3 Å². The molecule has 0 spiro atoms. The zero-order valence-corrected chi connectivity index (χ0v) is 33.6. The van der Waals surface area contributed by atoms with Crippen molar-refractivity contribution in [3.05, 3.63) is 45.9 Å². The highest BCUT2D eigenvalue weighted by Gasteiger charge is 2.63. The average Bonchev–Trinajstić information content (AvgIpc) is 3.99. The van der Waals surface area contributed by atoms with E-state index in [0.717, 1.165) is 29.6 Å². The molecule has 0 bridgehead atoms. The van der Waals surface area contributed by atoms with Gasteiger partial charge in [-0.05, 0) is 92.8 Å². The lowest BCUT2D eigenvalue weighted by Crippen LogP contribution is -2.56. The number of pyridine rings is 1. The number of halogens is 4. The van der Waals surface area contributed by atoms with Crippen LogP contribution in [0.15, 0.2) is 40.2 Å². The number of carbonyl (C=O) groups excluding carboxylic acids is 3. The predicted molar refractivity (Wildman–Crippen MR) is 202 cm³/mol. The average molecular weight is 869 g/mol. The molecule has 3 aliphatic carbocycles. The highest BCUT2D eigenvalue weighted by molar-refractivity contribution is 9.10. The highest BCUT2D eigenvalue weighted by atomic mass is 79.9. The second kappa shape index (κ2) is 14.6. The topological polar surface area (TPSA) is 157 Å². The Morgan fingerprint density at radius 2 is 1.89 bits per heavy atom. The van der Waals surface area contributed by atoms with E-state index >= 15 is 0 Å². The summed E-state index contributed by atoms with van der Waals surface area (Å²) in [5, 5.41) is 4.36. The highest BCUT2D eigenvalue weighted by Crippen LogP contribution is 2.48. The van der Waals surface area contributed by atoms with Crippen LogP contribution in [0.3, 0.4) is 0 Å². The van der Waals surface area contributed by atoms with Crippen LogP contribution in [0.4, 0.5) is 13.2 Å². The Balaban J connectivity index is 1.21. The maximum absolute atomic E-state index is 14.4. The molecule has 4 aliphatic rings. The van der Waals surface area contributed by atoms with Gasteiger partial charge in [-0.1, -0.05) is 12.2 Å². The van der Waals surface area contributed by atoms with E-state index in [2.05, 4.69) is 35.9 Å². The van der Waals surface area contributed by atoms with Crippen LogP contribution in [0.2, 0.25) is 0 Å². The van der Waals surface area contributed by atoms with Gasteiger partial charge in [-0.2, -0.15) is 13.2 Å². The molecule has 55 heavy (non-hydrogen) atoms. The Kier molecular flexibility index (Phi) is 10.5. The number of fused-ring (bicyclic) bond motifs is 3. The quantitative estimate of drug-likeness (QED) is 0.257. The molecule has 3 amide bonds. The molecule has 0 unspecified atom stereocenters. The van der Waals surface area contributed by atoms with Crippen LogP contribution >= 0.6 is 27.3 Å². The van der Waals surface area contributed by atoms with Crippen LogP contribution in [0.1, 0.15) is 70.4 Å². The van der Waals surface area contributed by atoms with Gasteiger partial charge in [0.05, 0.1) is 33.9 Å². The molecule has 1 aromatic carbocycles. The van der Waals surface area contributed by atoms with Crippen molar-refractivity contribution in [1.82, 2.24) is 24.9 Å². The van der Waals surface area contributed by atoms with E-state index in [0.29, 0.717) is 53.4 Å². The zero-order valence-electron chi connectivity index (χ0n) is 30.4. The van der Waals surface area contributed by atoms with E-state index < -0.39 is 67.9 Å². The van der Waals surface area contributed by atoms with Crippen molar-refractivity contribution in [2.24, 2.45) is 17.8 Å². The number of sulfonamides is 1. The van der Waals surface area contributed by atoms with Gasteiger partial charge in [0.2, 0.25) is 21.8 Å². The Labute approximate surface area is 328 Å². The van der Waals surface area contributed by atoms with Crippen LogP contribution < -0.4 is 19.5 Å². The number of hydrogen-bond acceptors (Lipinski definition) is 10. The van der Waals surface area contributed by atoms with Crippen LogP contribution in [-0.2, 0) is 30.6 Å². The van der Waals surface area contributed by atoms with Crippen LogP contribution in [0.25, 0.3) is 21.6 Å². The second-order valence-electron chi connectivity index (χ2n) is 15.1. The number of ether oxygens (including phenoxy) is 2. The molecule has 3 fully saturated rings. The number of benzene rings is 1.